The van der Waals surface area contributed by atoms with Crippen LogP contribution >= 0.6 is 0 Å². The van der Waals surface area contributed by atoms with Gasteiger partial charge in [-0.1, -0.05) is 13.3 Å². The summed E-state index contributed by atoms with van der Waals surface area (Å²) in [6.45, 7) is 1.16. The summed E-state index contributed by atoms with van der Waals surface area (Å²) < 4.78 is 0. The van der Waals surface area contributed by atoms with E-state index in [0.717, 1.165) is 6.42 Å². The number of aliphatic hydroxyl groups excluding tert-OH is 2. The molecule has 56 valence electrons. The van der Waals surface area contributed by atoms with E-state index in [1.54, 1.807) is 0 Å². The fourth-order valence-electron chi connectivity index (χ4n) is 0.673. The Morgan fingerprint density at radius 2 is 1.67 bits per heavy atom. The van der Waals surface area contributed by atoms with Gasteiger partial charge in [-0.25, -0.2) is 0 Å². The molecule has 0 saturated carbocycles. The molecule has 0 heterocycles. The third kappa shape index (κ3) is 2.79. The monoisotopic (exact) mass is 134 g/mol. The lowest BCUT2D eigenvalue weighted by atomic mass is 10.0. The van der Waals surface area contributed by atoms with Crippen LogP contribution in [0.3, 0.4) is 0 Å². The molecule has 0 aliphatic rings. The number of rotatable bonds is 4. The average molecular weight is 134 g/mol. The van der Waals surface area contributed by atoms with Gasteiger partial charge < -0.3 is 15.3 Å². The normalized spacial score (nSPS) is 12.0. The molecule has 3 nitrogen and oxygen atoms in total. The molecule has 0 bridgehead atoms. The first kappa shape index (κ1) is 8.88. The number of aliphatic hydroxyl groups is 3. The van der Waals surface area contributed by atoms with Crippen molar-refractivity contribution in [2.75, 3.05) is 13.2 Å². The zero-order chi connectivity index (χ0) is 7.33. The molecule has 0 saturated heterocycles. The van der Waals surface area contributed by atoms with E-state index >= 15 is 0 Å². The molecular weight excluding hydrogens is 120 g/mol. The van der Waals surface area contributed by atoms with Gasteiger partial charge in [0.2, 0.25) is 0 Å². The molecule has 0 aliphatic heterocycles. The van der Waals surface area contributed by atoms with Crippen LogP contribution < -0.4 is 0 Å². The maximum atomic E-state index is 9.13. The second kappa shape index (κ2) is 3.82. The van der Waals surface area contributed by atoms with Crippen LogP contribution in [0.2, 0.25) is 0 Å². The standard InChI is InChI=1S/C6H14O3/c1-2-3-6(9,4-7)5-8/h7-9H,2-5H2,1H3. The average Bonchev–Trinajstić information content (AvgIpc) is 1.89. The molecular formula is C6H14O3. The molecule has 0 radical (unpaired) electrons. The molecule has 3 heteroatoms. The summed E-state index contributed by atoms with van der Waals surface area (Å²) in [6.07, 6.45) is 1.21. The fourth-order valence-corrected chi connectivity index (χ4v) is 0.673. The maximum absolute atomic E-state index is 9.13. The topological polar surface area (TPSA) is 60.7 Å². The molecule has 0 aromatic carbocycles. The third-order valence-corrected chi connectivity index (χ3v) is 1.30. The minimum atomic E-state index is -1.26. The molecule has 0 amide bonds. The van der Waals surface area contributed by atoms with Crippen molar-refractivity contribution in [1.29, 1.82) is 0 Å². The van der Waals surface area contributed by atoms with Gasteiger partial charge in [-0.3, -0.25) is 0 Å². The van der Waals surface area contributed by atoms with Gasteiger partial charge in [-0.15, -0.1) is 0 Å². The number of hydrogen-bond acceptors (Lipinski definition) is 3. The van der Waals surface area contributed by atoms with E-state index in [9.17, 15) is 0 Å². The van der Waals surface area contributed by atoms with Crippen molar-refractivity contribution in [2.45, 2.75) is 25.4 Å². The van der Waals surface area contributed by atoms with E-state index in [1.807, 2.05) is 6.92 Å². The van der Waals surface area contributed by atoms with E-state index in [-0.39, 0.29) is 13.2 Å². The fraction of sp³-hybridized carbons (Fsp3) is 1.00. The minimum absolute atomic E-state index is 0.364. The summed E-state index contributed by atoms with van der Waals surface area (Å²) in [7, 11) is 0. The van der Waals surface area contributed by atoms with Crippen LogP contribution in [-0.4, -0.2) is 34.1 Å². The first-order valence-corrected chi connectivity index (χ1v) is 3.12. The summed E-state index contributed by atoms with van der Waals surface area (Å²) in [4.78, 5) is 0. The summed E-state index contributed by atoms with van der Waals surface area (Å²) in [5.41, 5.74) is -1.26. The van der Waals surface area contributed by atoms with Crippen molar-refractivity contribution < 1.29 is 15.3 Å². The summed E-state index contributed by atoms with van der Waals surface area (Å²) in [6, 6.07) is 0. The van der Waals surface area contributed by atoms with Crippen LogP contribution in [0, 0.1) is 0 Å². The van der Waals surface area contributed by atoms with E-state index in [2.05, 4.69) is 0 Å². The zero-order valence-electron chi connectivity index (χ0n) is 5.67. The largest absolute Gasteiger partial charge is 0.393 e. The predicted octanol–water partition coefficient (Wildman–Crippen LogP) is -0.498. The lowest BCUT2D eigenvalue weighted by Crippen LogP contribution is -2.37. The van der Waals surface area contributed by atoms with Gasteiger partial charge in [0.15, 0.2) is 0 Å². The van der Waals surface area contributed by atoms with Gasteiger partial charge in [0.25, 0.3) is 0 Å². The van der Waals surface area contributed by atoms with Crippen molar-refractivity contribution in [2.24, 2.45) is 0 Å². The minimum Gasteiger partial charge on any atom is -0.393 e. The van der Waals surface area contributed by atoms with E-state index in [4.69, 9.17) is 15.3 Å². The van der Waals surface area contributed by atoms with Crippen LogP contribution in [-0.2, 0) is 0 Å². The Hall–Kier alpha value is -0.120. The van der Waals surface area contributed by atoms with Crippen molar-refractivity contribution in [1.82, 2.24) is 0 Å². The van der Waals surface area contributed by atoms with E-state index in [0.29, 0.717) is 6.42 Å². The van der Waals surface area contributed by atoms with Crippen molar-refractivity contribution >= 4 is 0 Å². The second-order valence-corrected chi connectivity index (χ2v) is 2.29. The van der Waals surface area contributed by atoms with Gasteiger partial charge in [0.1, 0.15) is 5.60 Å². The van der Waals surface area contributed by atoms with Gasteiger partial charge in [0.05, 0.1) is 13.2 Å². The maximum Gasteiger partial charge on any atom is 0.111 e. The Labute approximate surface area is 54.9 Å². The molecule has 3 N–H and O–H groups in total. The first-order chi connectivity index (χ1) is 4.18. The highest BCUT2D eigenvalue weighted by Crippen LogP contribution is 2.09. The summed E-state index contributed by atoms with van der Waals surface area (Å²) in [5, 5.41) is 26.1. The Morgan fingerprint density at radius 1 is 1.22 bits per heavy atom. The second-order valence-electron chi connectivity index (χ2n) is 2.29. The summed E-state index contributed by atoms with van der Waals surface area (Å²) in [5.74, 6) is 0. The Morgan fingerprint density at radius 3 is 1.78 bits per heavy atom. The van der Waals surface area contributed by atoms with Crippen LogP contribution in [0.4, 0.5) is 0 Å². The van der Waals surface area contributed by atoms with Crippen LogP contribution in [0.5, 0.6) is 0 Å². The highest BCUT2D eigenvalue weighted by Gasteiger charge is 2.22. The Kier molecular flexibility index (Phi) is 3.77. The van der Waals surface area contributed by atoms with Crippen molar-refractivity contribution in [3.63, 3.8) is 0 Å². The molecule has 0 spiro atoms. The molecule has 0 fully saturated rings. The first-order valence-electron chi connectivity index (χ1n) is 3.12. The van der Waals surface area contributed by atoms with Crippen molar-refractivity contribution in [3.05, 3.63) is 0 Å². The van der Waals surface area contributed by atoms with E-state index in [1.165, 1.54) is 0 Å². The smallest absolute Gasteiger partial charge is 0.111 e. The molecule has 0 aromatic heterocycles. The van der Waals surface area contributed by atoms with Crippen LogP contribution in [0.15, 0.2) is 0 Å². The van der Waals surface area contributed by atoms with Gasteiger partial charge >= 0.3 is 0 Å². The third-order valence-electron chi connectivity index (χ3n) is 1.30. The highest BCUT2D eigenvalue weighted by atomic mass is 16.4. The molecule has 0 unspecified atom stereocenters. The van der Waals surface area contributed by atoms with Gasteiger partial charge in [-0.05, 0) is 6.42 Å². The van der Waals surface area contributed by atoms with Gasteiger partial charge in [0, 0.05) is 0 Å². The molecule has 0 rings (SSSR count). The quantitative estimate of drug-likeness (QED) is 0.486. The van der Waals surface area contributed by atoms with Crippen LogP contribution in [0.25, 0.3) is 0 Å². The lowest BCUT2D eigenvalue weighted by Gasteiger charge is -2.21. The molecule has 0 aromatic rings. The molecule has 0 atom stereocenters. The Balaban J connectivity index is 3.62. The lowest BCUT2D eigenvalue weighted by molar-refractivity contribution is -0.0605. The Bertz CT molecular complexity index is 68.7. The zero-order valence-corrected chi connectivity index (χ0v) is 5.67. The molecule has 0 aliphatic carbocycles. The van der Waals surface area contributed by atoms with Gasteiger partial charge in [-0.2, -0.15) is 0 Å². The summed E-state index contributed by atoms with van der Waals surface area (Å²) >= 11 is 0. The highest BCUT2D eigenvalue weighted by molar-refractivity contribution is 4.74. The molecule has 9 heavy (non-hydrogen) atoms. The number of hydrogen-bond donors (Lipinski definition) is 3. The predicted molar refractivity (Wildman–Crippen MR) is 34.0 cm³/mol. The van der Waals surface area contributed by atoms with Crippen LogP contribution in [0.1, 0.15) is 19.8 Å². The SMILES string of the molecule is CCCC(O)(CO)CO. The van der Waals surface area contributed by atoms with Crippen molar-refractivity contribution in [3.8, 4) is 0 Å². The van der Waals surface area contributed by atoms with E-state index < -0.39 is 5.60 Å².